The normalized spacial score (nSPS) is 18.1. The molecule has 5 nitrogen and oxygen atoms in total. The second-order valence-corrected chi connectivity index (χ2v) is 4.63. The largest absolute Gasteiger partial charge is 0.496 e. The number of aromatic nitrogens is 3. The van der Waals surface area contributed by atoms with Gasteiger partial charge in [-0.05, 0) is 31.0 Å². The Hall–Kier alpha value is -2.11. The number of nitrogens with zero attached hydrogens (tertiary/aromatic N) is 3. The SMILES string of the molecule is COc1ccc(F)cc1C1CCCc2nc(N)nn21. The quantitative estimate of drug-likeness (QED) is 0.898. The van der Waals surface area contributed by atoms with Crippen molar-refractivity contribution in [1.29, 1.82) is 0 Å². The van der Waals surface area contributed by atoms with Gasteiger partial charge in [0.2, 0.25) is 5.95 Å². The maximum Gasteiger partial charge on any atom is 0.239 e. The molecule has 1 aromatic heterocycles. The first-order valence-corrected chi connectivity index (χ1v) is 6.23. The van der Waals surface area contributed by atoms with Gasteiger partial charge in [-0.25, -0.2) is 9.07 Å². The van der Waals surface area contributed by atoms with Crippen LogP contribution in [0.3, 0.4) is 0 Å². The average molecular weight is 262 g/mol. The van der Waals surface area contributed by atoms with Crippen molar-refractivity contribution in [1.82, 2.24) is 14.8 Å². The van der Waals surface area contributed by atoms with E-state index in [1.54, 1.807) is 17.9 Å². The molecule has 19 heavy (non-hydrogen) atoms. The average Bonchev–Trinajstić information content (AvgIpc) is 2.78. The van der Waals surface area contributed by atoms with Crippen molar-refractivity contribution in [2.75, 3.05) is 12.8 Å². The first-order valence-electron chi connectivity index (χ1n) is 6.23. The van der Waals surface area contributed by atoms with Gasteiger partial charge in [0.1, 0.15) is 17.4 Å². The van der Waals surface area contributed by atoms with Crippen LogP contribution in [0.5, 0.6) is 5.75 Å². The fraction of sp³-hybridized carbons (Fsp3) is 0.385. The van der Waals surface area contributed by atoms with Gasteiger partial charge in [-0.1, -0.05) is 0 Å². The van der Waals surface area contributed by atoms with Gasteiger partial charge in [0, 0.05) is 12.0 Å². The minimum Gasteiger partial charge on any atom is -0.496 e. The minimum absolute atomic E-state index is 0.0702. The van der Waals surface area contributed by atoms with Crippen LogP contribution < -0.4 is 10.5 Å². The van der Waals surface area contributed by atoms with E-state index < -0.39 is 0 Å². The number of nitrogens with two attached hydrogens (primary N) is 1. The molecule has 1 aliphatic heterocycles. The van der Waals surface area contributed by atoms with E-state index in [4.69, 9.17) is 10.5 Å². The van der Waals surface area contributed by atoms with Gasteiger partial charge in [0.25, 0.3) is 0 Å². The fourth-order valence-electron chi connectivity index (χ4n) is 2.62. The van der Waals surface area contributed by atoms with E-state index in [0.29, 0.717) is 5.75 Å². The van der Waals surface area contributed by atoms with Gasteiger partial charge >= 0.3 is 0 Å². The summed E-state index contributed by atoms with van der Waals surface area (Å²) in [7, 11) is 1.58. The van der Waals surface area contributed by atoms with Crippen LogP contribution in [0.25, 0.3) is 0 Å². The van der Waals surface area contributed by atoms with Gasteiger partial charge in [0.15, 0.2) is 0 Å². The zero-order chi connectivity index (χ0) is 13.4. The zero-order valence-electron chi connectivity index (χ0n) is 10.6. The van der Waals surface area contributed by atoms with Crippen molar-refractivity contribution in [3.05, 3.63) is 35.4 Å². The summed E-state index contributed by atoms with van der Waals surface area (Å²) in [5.74, 6) is 1.49. The number of halogens is 1. The highest BCUT2D eigenvalue weighted by molar-refractivity contribution is 5.37. The van der Waals surface area contributed by atoms with Gasteiger partial charge in [-0.3, -0.25) is 0 Å². The van der Waals surface area contributed by atoms with Crippen LogP contribution in [0.15, 0.2) is 18.2 Å². The molecule has 2 heterocycles. The molecule has 1 unspecified atom stereocenters. The van der Waals surface area contributed by atoms with Crippen molar-refractivity contribution < 1.29 is 9.13 Å². The summed E-state index contributed by atoms with van der Waals surface area (Å²) < 4.78 is 20.6. The molecule has 0 bridgehead atoms. The molecular formula is C13H15FN4O. The molecule has 100 valence electrons. The zero-order valence-corrected chi connectivity index (χ0v) is 10.6. The number of fused-ring (bicyclic) bond motifs is 1. The number of rotatable bonds is 2. The summed E-state index contributed by atoms with van der Waals surface area (Å²) in [5.41, 5.74) is 6.44. The lowest BCUT2D eigenvalue weighted by Crippen LogP contribution is -2.21. The van der Waals surface area contributed by atoms with E-state index in [2.05, 4.69) is 10.1 Å². The summed E-state index contributed by atoms with van der Waals surface area (Å²) in [4.78, 5) is 4.20. The summed E-state index contributed by atoms with van der Waals surface area (Å²) in [5, 5.41) is 4.22. The lowest BCUT2D eigenvalue weighted by atomic mass is 9.97. The topological polar surface area (TPSA) is 66.0 Å². The van der Waals surface area contributed by atoms with Crippen LogP contribution in [0.1, 0.15) is 30.3 Å². The predicted molar refractivity (Wildman–Crippen MR) is 68.5 cm³/mol. The molecule has 1 aromatic carbocycles. The summed E-state index contributed by atoms with van der Waals surface area (Å²) >= 11 is 0. The number of methoxy groups -OCH3 is 1. The fourth-order valence-corrected chi connectivity index (χ4v) is 2.62. The third kappa shape index (κ3) is 2.03. The lowest BCUT2D eigenvalue weighted by Gasteiger charge is -2.25. The van der Waals surface area contributed by atoms with Gasteiger partial charge in [-0.2, -0.15) is 4.98 Å². The second kappa shape index (κ2) is 4.53. The van der Waals surface area contributed by atoms with Gasteiger partial charge in [-0.15, -0.1) is 5.10 Å². The standard InChI is InChI=1S/C13H15FN4O/c1-19-11-6-5-8(14)7-9(11)10-3-2-4-12-16-13(15)17-18(10)12/h5-7,10H,2-4H2,1H3,(H2,15,17). The number of hydrogen-bond donors (Lipinski definition) is 1. The van der Waals surface area contributed by atoms with E-state index in [-0.39, 0.29) is 17.8 Å². The van der Waals surface area contributed by atoms with Crippen molar-refractivity contribution in [3.8, 4) is 5.75 Å². The monoisotopic (exact) mass is 262 g/mol. The predicted octanol–water partition coefficient (Wildman–Crippen LogP) is 1.93. The number of aryl methyl sites for hydroxylation is 1. The molecule has 0 radical (unpaired) electrons. The Labute approximate surface area is 110 Å². The minimum atomic E-state index is -0.281. The highest BCUT2D eigenvalue weighted by Gasteiger charge is 2.26. The molecule has 1 aliphatic rings. The van der Waals surface area contributed by atoms with Gasteiger partial charge in [0.05, 0.1) is 13.2 Å². The first-order chi connectivity index (χ1) is 9.19. The second-order valence-electron chi connectivity index (χ2n) is 4.63. The van der Waals surface area contributed by atoms with Crippen LogP contribution in [0.4, 0.5) is 10.3 Å². The van der Waals surface area contributed by atoms with E-state index >= 15 is 0 Å². The summed E-state index contributed by atoms with van der Waals surface area (Å²) in [6, 6.07) is 4.46. The van der Waals surface area contributed by atoms with Crippen molar-refractivity contribution in [2.24, 2.45) is 0 Å². The third-order valence-corrected chi connectivity index (χ3v) is 3.44. The number of nitrogen functional groups attached to an aromatic ring is 1. The molecule has 2 aromatic rings. The van der Waals surface area contributed by atoms with E-state index in [1.807, 2.05) is 0 Å². The van der Waals surface area contributed by atoms with Crippen LogP contribution in [0, 0.1) is 5.82 Å². The van der Waals surface area contributed by atoms with E-state index in [1.165, 1.54) is 12.1 Å². The molecule has 0 saturated heterocycles. The number of benzene rings is 1. The molecule has 0 fully saturated rings. The van der Waals surface area contributed by atoms with Crippen LogP contribution >= 0.6 is 0 Å². The number of anilines is 1. The Bertz CT molecular complexity index is 611. The molecule has 1 atom stereocenters. The Morgan fingerprint density at radius 2 is 2.32 bits per heavy atom. The number of hydrogen-bond acceptors (Lipinski definition) is 4. The highest BCUT2D eigenvalue weighted by Crippen LogP contribution is 2.35. The molecule has 0 aliphatic carbocycles. The van der Waals surface area contributed by atoms with Crippen LogP contribution in [-0.4, -0.2) is 21.9 Å². The molecule has 0 saturated carbocycles. The van der Waals surface area contributed by atoms with Gasteiger partial charge < -0.3 is 10.5 Å². The maximum absolute atomic E-state index is 13.5. The van der Waals surface area contributed by atoms with Crippen molar-refractivity contribution >= 4 is 5.95 Å². The smallest absolute Gasteiger partial charge is 0.239 e. The number of ether oxygens (including phenoxy) is 1. The van der Waals surface area contributed by atoms with E-state index in [9.17, 15) is 4.39 Å². The Morgan fingerprint density at radius 1 is 1.47 bits per heavy atom. The molecule has 0 amide bonds. The maximum atomic E-state index is 13.5. The van der Waals surface area contributed by atoms with Crippen LogP contribution in [0.2, 0.25) is 0 Å². The molecule has 3 rings (SSSR count). The molecular weight excluding hydrogens is 247 g/mol. The lowest BCUT2D eigenvalue weighted by molar-refractivity contribution is 0.371. The molecule has 2 N–H and O–H groups in total. The Morgan fingerprint density at radius 3 is 3.11 bits per heavy atom. The Kier molecular flexibility index (Phi) is 2.85. The molecule has 0 spiro atoms. The van der Waals surface area contributed by atoms with E-state index in [0.717, 1.165) is 30.7 Å². The highest BCUT2D eigenvalue weighted by atomic mass is 19.1. The Balaban J connectivity index is 2.10. The third-order valence-electron chi connectivity index (χ3n) is 3.44. The summed E-state index contributed by atoms with van der Waals surface area (Å²) in [6.45, 7) is 0. The summed E-state index contributed by atoms with van der Waals surface area (Å²) in [6.07, 6.45) is 2.69. The first kappa shape index (κ1) is 12.0. The van der Waals surface area contributed by atoms with Crippen molar-refractivity contribution in [3.63, 3.8) is 0 Å². The van der Waals surface area contributed by atoms with Crippen LogP contribution in [-0.2, 0) is 6.42 Å². The molecule has 6 heteroatoms. The van der Waals surface area contributed by atoms with Crippen molar-refractivity contribution in [2.45, 2.75) is 25.3 Å².